The van der Waals surface area contributed by atoms with Gasteiger partial charge in [0.15, 0.2) is 11.5 Å². The van der Waals surface area contributed by atoms with E-state index in [1.165, 1.54) is 6.20 Å². The summed E-state index contributed by atoms with van der Waals surface area (Å²) in [6.45, 7) is 3.32. The molecule has 8 heteroatoms. The molecule has 1 atom stereocenters. The van der Waals surface area contributed by atoms with Crippen LogP contribution in [-0.4, -0.2) is 44.2 Å². The fourth-order valence-corrected chi connectivity index (χ4v) is 2.53. The van der Waals surface area contributed by atoms with E-state index in [0.29, 0.717) is 36.2 Å². The Bertz CT molecular complexity index is 760. The number of methoxy groups -OCH3 is 1. The second-order valence-corrected chi connectivity index (χ2v) is 6.08. The van der Waals surface area contributed by atoms with Crippen molar-refractivity contribution in [2.45, 2.75) is 19.4 Å². The van der Waals surface area contributed by atoms with Crippen LogP contribution in [0.5, 0.6) is 17.4 Å². The Morgan fingerprint density at radius 3 is 2.89 bits per heavy atom. The van der Waals surface area contributed by atoms with Gasteiger partial charge in [-0.1, -0.05) is 6.07 Å². The molecule has 27 heavy (non-hydrogen) atoms. The van der Waals surface area contributed by atoms with Gasteiger partial charge in [-0.25, -0.2) is 9.78 Å². The van der Waals surface area contributed by atoms with E-state index < -0.39 is 0 Å². The zero-order valence-electron chi connectivity index (χ0n) is 15.4. The second kappa shape index (κ2) is 9.20. The number of urea groups is 1. The molecule has 0 saturated carbocycles. The summed E-state index contributed by atoms with van der Waals surface area (Å²) >= 11 is 0. The van der Waals surface area contributed by atoms with Gasteiger partial charge in [-0.2, -0.15) is 0 Å². The number of aryl methyl sites for hydroxylation is 1. The van der Waals surface area contributed by atoms with Gasteiger partial charge in [0, 0.05) is 12.6 Å². The standard InChI is InChI=1S/C19H23N3O5/c1-13-3-5-16(17(9-13)24-2)27-18-6-4-14(10-20-18)22-19(23)21-11-15-7-8-25-12-26-15/h3-6,9-10,15H,7-8,11-12H2,1-2H3,(H2,21,22,23)/t15-/m0/s1. The monoisotopic (exact) mass is 373 g/mol. The summed E-state index contributed by atoms with van der Waals surface area (Å²) in [6, 6.07) is 8.72. The Kier molecular flexibility index (Phi) is 6.45. The average molecular weight is 373 g/mol. The van der Waals surface area contributed by atoms with Gasteiger partial charge in [-0.3, -0.25) is 0 Å². The van der Waals surface area contributed by atoms with Gasteiger partial charge in [-0.05, 0) is 37.1 Å². The third-order valence-corrected chi connectivity index (χ3v) is 3.99. The van der Waals surface area contributed by atoms with Gasteiger partial charge in [0.25, 0.3) is 0 Å². The predicted molar refractivity (Wildman–Crippen MR) is 99.4 cm³/mol. The van der Waals surface area contributed by atoms with Gasteiger partial charge in [0.1, 0.15) is 6.79 Å². The Labute approximate surface area is 157 Å². The first-order valence-corrected chi connectivity index (χ1v) is 8.67. The summed E-state index contributed by atoms with van der Waals surface area (Å²) in [5.74, 6) is 1.61. The molecule has 0 spiro atoms. The highest BCUT2D eigenvalue weighted by atomic mass is 16.7. The third kappa shape index (κ3) is 5.57. The van der Waals surface area contributed by atoms with Crippen LogP contribution in [-0.2, 0) is 9.47 Å². The van der Waals surface area contributed by atoms with Gasteiger partial charge in [0.2, 0.25) is 5.88 Å². The van der Waals surface area contributed by atoms with Crippen molar-refractivity contribution < 1.29 is 23.7 Å². The van der Waals surface area contributed by atoms with Crippen molar-refractivity contribution in [3.05, 3.63) is 42.1 Å². The number of carbonyl (C=O) groups is 1. The summed E-state index contributed by atoms with van der Waals surface area (Å²) in [7, 11) is 1.59. The van der Waals surface area contributed by atoms with Crippen molar-refractivity contribution in [3.8, 4) is 17.4 Å². The molecule has 0 aliphatic carbocycles. The van der Waals surface area contributed by atoms with Crippen molar-refractivity contribution in [2.75, 3.05) is 32.4 Å². The van der Waals surface area contributed by atoms with Crippen LogP contribution in [0.2, 0.25) is 0 Å². The van der Waals surface area contributed by atoms with E-state index in [2.05, 4.69) is 15.6 Å². The molecule has 144 valence electrons. The molecular weight excluding hydrogens is 350 g/mol. The van der Waals surface area contributed by atoms with Crippen LogP contribution >= 0.6 is 0 Å². The maximum absolute atomic E-state index is 12.0. The van der Waals surface area contributed by atoms with E-state index in [1.54, 1.807) is 19.2 Å². The molecule has 8 nitrogen and oxygen atoms in total. The molecule has 1 aromatic heterocycles. The summed E-state index contributed by atoms with van der Waals surface area (Å²) in [4.78, 5) is 16.2. The molecule has 0 unspecified atom stereocenters. The number of hydrogen-bond donors (Lipinski definition) is 2. The number of carbonyl (C=O) groups excluding carboxylic acids is 1. The minimum absolute atomic E-state index is 0.0251. The Balaban J connectivity index is 1.51. The third-order valence-electron chi connectivity index (χ3n) is 3.99. The largest absolute Gasteiger partial charge is 0.493 e. The minimum atomic E-state index is -0.319. The number of nitrogens with zero attached hydrogens (tertiary/aromatic N) is 1. The van der Waals surface area contributed by atoms with Gasteiger partial charge >= 0.3 is 6.03 Å². The van der Waals surface area contributed by atoms with Crippen molar-refractivity contribution in [1.82, 2.24) is 10.3 Å². The molecule has 3 rings (SSSR count). The topological polar surface area (TPSA) is 90.9 Å². The average Bonchev–Trinajstić information content (AvgIpc) is 2.70. The molecule has 1 aliphatic rings. The number of hydrogen-bond acceptors (Lipinski definition) is 6. The second-order valence-electron chi connectivity index (χ2n) is 6.08. The number of pyridine rings is 1. The number of aromatic nitrogens is 1. The molecule has 2 aromatic rings. The Morgan fingerprint density at radius 1 is 1.30 bits per heavy atom. The minimum Gasteiger partial charge on any atom is -0.493 e. The van der Waals surface area contributed by atoms with E-state index in [9.17, 15) is 4.79 Å². The number of nitrogens with one attached hydrogen (secondary N) is 2. The van der Waals surface area contributed by atoms with Crippen LogP contribution in [0.1, 0.15) is 12.0 Å². The highest BCUT2D eigenvalue weighted by molar-refractivity contribution is 5.89. The van der Waals surface area contributed by atoms with Crippen molar-refractivity contribution in [2.24, 2.45) is 0 Å². The van der Waals surface area contributed by atoms with E-state index in [1.807, 2.05) is 25.1 Å². The Morgan fingerprint density at radius 2 is 2.19 bits per heavy atom. The molecule has 1 aromatic carbocycles. The van der Waals surface area contributed by atoms with Crippen LogP contribution in [0.15, 0.2) is 36.5 Å². The number of anilines is 1. The van der Waals surface area contributed by atoms with E-state index in [4.69, 9.17) is 18.9 Å². The molecule has 0 bridgehead atoms. The lowest BCUT2D eigenvalue weighted by atomic mass is 10.2. The first-order chi connectivity index (χ1) is 13.1. The van der Waals surface area contributed by atoms with Crippen LogP contribution in [0, 0.1) is 6.92 Å². The van der Waals surface area contributed by atoms with E-state index in [-0.39, 0.29) is 18.9 Å². The van der Waals surface area contributed by atoms with Gasteiger partial charge in [-0.15, -0.1) is 0 Å². The maximum atomic E-state index is 12.0. The first kappa shape index (κ1) is 18.9. The summed E-state index contributed by atoms with van der Waals surface area (Å²) in [5, 5.41) is 5.49. The number of amides is 2. The lowest BCUT2D eigenvalue weighted by Crippen LogP contribution is -2.39. The zero-order valence-corrected chi connectivity index (χ0v) is 15.4. The van der Waals surface area contributed by atoms with E-state index in [0.717, 1.165) is 12.0 Å². The number of ether oxygens (including phenoxy) is 4. The smallest absolute Gasteiger partial charge is 0.319 e. The summed E-state index contributed by atoms with van der Waals surface area (Å²) in [5.41, 5.74) is 1.63. The van der Waals surface area contributed by atoms with Crippen LogP contribution in [0.3, 0.4) is 0 Å². The highest BCUT2D eigenvalue weighted by Gasteiger charge is 2.15. The quantitative estimate of drug-likeness (QED) is 0.809. The zero-order chi connectivity index (χ0) is 19.1. The Hall–Kier alpha value is -2.84. The lowest BCUT2D eigenvalue weighted by Gasteiger charge is -2.22. The van der Waals surface area contributed by atoms with Crippen LogP contribution in [0.25, 0.3) is 0 Å². The SMILES string of the molecule is COc1cc(C)ccc1Oc1ccc(NC(=O)NC[C@@H]2CCOCO2)cn1. The van der Waals surface area contributed by atoms with Crippen LogP contribution < -0.4 is 20.1 Å². The molecule has 0 radical (unpaired) electrons. The molecule has 1 saturated heterocycles. The highest BCUT2D eigenvalue weighted by Crippen LogP contribution is 2.31. The summed E-state index contributed by atoms with van der Waals surface area (Å²) in [6.07, 6.45) is 2.26. The number of benzene rings is 1. The molecule has 2 heterocycles. The van der Waals surface area contributed by atoms with Gasteiger partial charge in [0.05, 0.1) is 31.7 Å². The molecule has 2 N–H and O–H groups in total. The molecule has 1 aliphatic heterocycles. The first-order valence-electron chi connectivity index (χ1n) is 8.67. The predicted octanol–water partition coefficient (Wildman–Crippen LogP) is 3.08. The van der Waals surface area contributed by atoms with Crippen molar-refractivity contribution in [1.29, 1.82) is 0 Å². The summed E-state index contributed by atoms with van der Waals surface area (Å²) < 4.78 is 21.5. The fraction of sp³-hybridized carbons (Fsp3) is 0.368. The molecular formula is C19H23N3O5. The normalized spacial score (nSPS) is 16.4. The van der Waals surface area contributed by atoms with E-state index >= 15 is 0 Å². The van der Waals surface area contributed by atoms with Crippen LogP contribution in [0.4, 0.5) is 10.5 Å². The molecule has 2 amide bonds. The maximum Gasteiger partial charge on any atom is 0.319 e. The van der Waals surface area contributed by atoms with Crippen molar-refractivity contribution in [3.63, 3.8) is 0 Å². The number of rotatable bonds is 6. The van der Waals surface area contributed by atoms with Crippen molar-refractivity contribution >= 4 is 11.7 Å². The van der Waals surface area contributed by atoms with Gasteiger partial charge < -0.3 is 29.6 Å². The molecule has 1 fully saturated rings. The lowest BCUT2D eigenvalue weighted by molar-refractivity contribution is -0.136. The fourth-order valence-electron chi connectivity index (χ4n) is 2.53.